The van der Waals surface area contributed by atoms with E-state index in [2.05, 4.69) is 10.6 Å². The molecule has 1 aromatic carbocycles. The lowest BCUT2D eigenvalue weighted by molar-refractivity contribution is 0.0216. The third-order valence-corrected chi connectivity index (χ3v) is 4.48. The van der Waals surface area contributed by atoms with Crippen LogP contribution in [0.2, 0.25) is 0 Å². The van der Waals surface area contributed by atoms with Crippen LogP contribution in [0.15, 0.2) is 29.4 Å². The molecule has 0 bridgehead atoms. The van der Waals surface area contributed by atoms with Gasteiger partial charge in [-0.3, -0.25) is 10.3 Å². The van der Waals surface area contributed by atoms with Crippen LogP contribution >= 0.6 is 0 Å². The first-order valence-corrected chi connectivity index (χ1v) is 8.05. The minimum absolute atomic E-state index is 0.0269. The minimum atomic E-state index is -1.00. The Bertz CT molecular complexity index is 668. The number of nitrogens with one attached hydrogen (secondary N) is 1. The molecule has 7 heteroatoms. The van der Waals surface area contributed by atoms with E-state index >= 15 is 0 Å². The van der Waals surface area contributed by atoms with Gasteiger partial charge in [0.2, 0.25) is 0 Å². The molecule has 24 heavy (non-hydrogen) atoms. The third-order valence-electron chi connectivity index (χ3n) is 4.48. The first-order chi connectivity index (χ1) is 11.6. The van der Waals surface area contributed by atoms with Gasteiger partial charge in [-0.1, -0.05) is 5.16 Å². The van der Waals surface area contributed by atoms with Gasteiger partial charge in [0.1, 0.15) is 0 Å². The van der Waals surface area contributed by atoms with E-state index in [1.807, 2.05) is 18.2 Å². The highest BCUT2D eigenvalue weighted by molar-refractivity contribution is 5.93. The molecule has 1 aromatic rings. The second kappa shape index (κ2) is 6.60. The molecule has 130 valence electrons. The van der Waals surface area contributed by atoms with Crippen LogP contribution < -0.4 is 20.7 Å². The minimum Gasteiger partial charge on any atom is -0.493 e. The second-order valence-corrected chi connectivity index (χ2v) is 6.24. The number of rotatable bonds is 5. The van der Waals surface area contributed by atoms with Gasteiger partial charge < -0.3 is 20.4 Å². The van der Waals surface area contributed by atoms with Gasteiger partial charge in [0.25, 0.3) is 0 Å². The van der Waals surface area contributed by atoms with Crippen molar-refractivity contribution in [1.82, 2.24) is 5.48 Å². The summed E-state index contributed by atoms with van der Waals surface area (Å²) in [5.41, 5.74) is 9.11. The summed E-state index contributed by atoms with van der Waals surface area (Å²) in [4.78, 5) is 5.46. The Morgan fingerprint density at radius 2 is 2.12 bits per heavy atom. The van der Waals surface area contributed by atoms with E-state index in [-0.39, 0.29) is 11.9 Å². The van der Waals surface area contributed by atoms with Gasteiger partial charge in [0.05, 0.1) is 18.9 Å². The SMILES string of the molecule is COc1ccc(C2=CC(C)(C(N)=NO)ON2)cc1OC1CCCC1. The lowest BCUT2D eigenvalue weighted by Crippen LogP contribution is -2.41. The zero-order chi connectivity index (χ0) is 17.2. The Hall–Kier alpha value is -2.41. The fourth-order valence-electron chi connectivity index (χ4n) is 2.99. The fraction of sp³-hybridized carbons (Fsp3) is 0.471. The molecule has 1 heterocycles. The fourth-order valence-corrected chi connectivity index (χ4v) is 2.99. The number of hydroxylamine groups is 1. The summed E-state index contributed by atoms with van der Waals surface area (Å²) < 4.78 is 11.5. The summed E-state index contributed by atoms with van der Waals surface area (Å²) in [5, 5.41) is 11.9. The van der Waals surface area contributed by atoms with Crippen LogP contribution in [-0.2, 0) is 4.84 Å². The molecule has 0 saturated heterocycles. The molecule has 4 N–H and O–H groups in total. The summed E-state index contributed by atoms with van der Waals surface area (Å²) in [6, 6.07) is 5.68. The van der Waals surface area contributed by atoms with Crippen molar-refractivity contribution in [3.05, 3.63) is 29.8 Å². The third kappa shape index (κ3) is 3.12. The van der Waals surface area contributed by atoms with E-state index < -0.39 is 5.60 Å². The highest BCUT2D eigenvalue weighted by Crippen LogP contribution is 2.35. The molecule has 1 atom stereocenters. The van der Waals surface area contributed by atoms with Crippen LogP contribution in [-0.4, -0.2) is 29.9 Å². The summed E-state index contributed by atoms with van der Waals surface area (Å²) in [6.07, 6.45) is 6.54. The number of amidine groups is 1. The number of ether oxygens (including phenoxy) is 2. The van der Waals surface area contributed by atoms with Gasteiger partial charge in [0, 0.05) is 5.56 Å². The quantitative estimate of drug-likeness (QED) is 0.331. The molecule has 0 amide bonds. The van der Waals surface area contributed by atoms with E-state index in [1.165, 1.54) is 12.8 Å². The van der Waals surface area contributed by atoms with Gasteiger partial charge in [-0.25, -0.2) is 0 Å². The van der Waals surface area contributed by atoms with E-state index in [0.29, 0.717) is 11.5 Å². The van der Waals surface area contributed by atoms with Crippen LogP contribution in [0.4, 0.5) is 0 Å². The van der Waals surface area contributed by atoms with E-state index in [1.54, 1.807) is 20.1 Å². The van der Waals surface area contributed by atoms with Gasteiger partial charge in [-0.05, 0) is 56.9 Å². The first kappa shape index (κ1) is 16.4. The molecule has 7 nitrogen and oxygen atoms in total. The van der Waals surface area contributed by atoms with Crippen molar-refractivity contribution >= 4 is 11.5 Å². The predicted octanol–water partition coefficient (Wildman–Crippen LogP) is 2.40. The number of oxime groups is 1. The molecule has 3 rings (SSSR count). The maximum Gasteiger partial charge on any atom is 0.178 e. The Kier molecular flexibility index (Phi) is 4.53. The zero-order valence-corrected chi connectivity index (χ0v) is 13.9. The van der Waals surface area contributed by atoms with Gasteiger partial charge in [0.15, 0.2) is 22.9 Å². The second-order valence-electron chi connectivity index (χ2n) is 6.24. The molecule has 1 aliphatic heterocycles. The highest BCUT2D eigenvalue weighted by Gasteiger charge is 2.35. The molecule has 1 fully saturated rings. The summed E-state index contributed by atoms with van der Waals surface area (Å²) in [5.74, 6) is 1.38. The van der Waals surface area contributed by atoms with Crippen molar-refractivity contribution in [3.8, 4) is 11.5 Å². The first-order valence-electron chi connectivity index (χ1n) is 8.05. The maximum absolute atomic E-state index is 8.88. The van der Waals surface area contributed by atoms with E-state index in [0.717, 1.165) is 24.1 Å². The molecule has 0 spiro atoms. The Labute approximate surface area is 141 Å². The van der Waals surface area contributed by atoms with Crippen LogP contribution in [0.5, 0.6) is 11.5 Å². The number of methoxy groups -OCH3 is 1. The number of nitrogens with two attached hydrogens (primary N) is 1. The molecule has 0 aromatic heterocycles. The zero-order valence-electron chi connectivity index (χ0n) is 13.9. The summed E-state index contributed by atoms with van der Waals surface area (Å²) in [7, 11) is 1.63. The summed E-state index contributed by atoms with van der Waals surface area (Å²) >= 11 is 0. The molecular weight excluding hydrogens is 310 g/mol. The van der Waals surface area contributed by atoms with Crippen LogP contribution in [0, 0.1) is 0 Å². The lowest BCUT2D eigenvalue weighted by atomic mass is 10.0. The van der Waals surface area contributed by atoms with Crippen molar-refractivity contribution in [2.45, 2.75) is 44.3 Å². The largest absolute Gasteiger partial charge is 0.493 e. The Morgan fingerprint density at radius 3 is 2.79 bits per heavy atom. The van der Waals surface area contributed by atoms with Crippen LogP contribution in [0.1, 0.15) is 38.2 Å². The normalized spacial score (nSPS) is 24.6. The Morgan fingerprint density at radius 1 is 1.38 bits per heavy atom. The summed E-state index contributed by atoms with van der Waals surface area (Å²) in [6.45, 7) is 1.71. The average molecular weight is 333 g/mol. The van der Waals surface area contributed by atoms with E-state index in [9.17, 15) is 0 Å². The molecule has 1 unspecified atom stereocenters. The number of benzene rings is 1. The number of hydrogen-bond acceptors (Lipinski definition) is 6. The van der Waals surface area contributed by atoms with Crippen molar-refractivity contribution in [2.24, 2.45) is 10.9 Å². The van der Waals surface area contributed by atoms with Crippen molar-refractivity contribution < 1.29 is 19.5 Å². The van der Waals surface area contributed by atoms with Gasteiger partial charge >= 0.3 is 0 Å². The number of hydrogen-bond donors (Lipinski definition) is 3. The van der Waals surface area contributed by atoms with E-state index in [4.69, 9.17) is 25.3 Å². The molecule has 1 aliphatic carbocycles. The monoisotopic (exact) mass is 333 g/mol. The van der Waals surface area contributed by atoms with Crippen molar-refractivity contribution in [2.75, 3.05) is 7.11 Å². The lowest BCUT2D eigenvalue weighted by Gasteiger charge is -2.17. The molecule has 2 aliphatic rings. The van der Waals surface area contributed by atoms with Crippen molar-refractivity contribution in [1.29, 1.82) is 0 Å². The smallest absolute Gasteiger partial charge is 0.178 e. The molecule has 1 saturated carbocycles. The topological polar surface area (TPSA) is 98.3 Å². The molecule has 0 radical (unpaired) electrons. The highest BCUT2D eigenvalue weighted by atomic mass is 16.7. The average Bonchev–Trinajstić information content (AvgIpc) is 3.24. The standard InChI is InChI=1S/C17H23N3O4/c1-17(16(18)19-21)10-13(20-24-17)11-7-8-14(22-2)15(9-11)23-12-5-3-4-6-12/h7-10,12,20-21H,3-6H2,1-2H3,(H2,18,19). The van der Waals surface area contributed by atoms with Crippen LogP contribution in [0.3, 0.4) is 0 Å². The van der Waals surface area contributed by atoms with Gasteiger partial charge in [-0.2, -0.15) is 0 Å². The number of nitrogens with zero attached hydrogens (tertiary/aromatic N) is 1. The van der Waals surface area contributed by atoms with Gasteiger partial charge in [-0.15, -0.1) is 0 Å². The Balaban J connectivity index is 1.87. The maximum atomic E-state index is 8.88. The van der Waals surface area contributed by atoms with Crippen LogP contribution in [0.25, 0.3) is 5.70 Å². The molecular formula is C17H23N3O4. The predicted molar refractivity (Wildman–Crippen MR) is 89.9 cm³/mol. The van der Waals surface area contributed by atoms with Crippen molar-refractivity contribution in [3.63, 3.8) is 0 Å².